The van der Waals surface area contributed by atoms with Crippen molar-refractivity contribution in [3.8, 4) is 0 Å². The van der Waals surface area contributed by atoms with Gasteiger partial charge < -0.3 is 10.2 Å². The van der Waals surface area contributed by atoms with Crippen molar-refractivity contribution in [1.82, 2.24) is 15.2 Å². The monoisotopic (exact) mass is 458 g/mol. The Morgan fingerprint density at radius 2 is 2.04 bits per heavy atom. The number of rotatable bonds is 6. The number of thiazole rings is 1. The van der Waals surface area contributed by atoms with Gasteiger partial charge in [0.1, 0.15) is 0 Å². The molecule has 6 heteroatoms. The van der Waals surface area contributed by atoms with Crippen LogP contribution in [0.25, 0.3) is 0 Å². The number of benzene rings is 1. The molecule has 0 saturated carbocycles. The summed E-state index contributed by atoms with van der Waals surface area (Å²) in [5, 5.41) is 6.59. The van der Waals surface area contributed by atoms with E-state index in [9.17, 15) is 0 Å². The summed E-state index contributed by atoms with van der Waals surface area (Å²) >= 11 is 1.69. The van der Waals surface area contributed by atoms with Gasteiger partial charge in [0.15, 0.2) is 5.96 Å². The minimum atomic E-state index is 0. The largest absolute Gasteiger partial charge is 0.357 e. The molecule has 1 aromatic heterocycles. The van der Waals surface area contributed by atoms with Crippen molar-refractivity contribution in [3.63, 3.8) is 0 Å². The number of aliphatic imine (C=N–C) groups is 1. The fourth-order valence-electron chi connectivity index (χ4n) is 2.38. The van der Waals surface area contributed by atoms with Crippen molar-refractivity contribution >= 4 is 41.3 Å². The molecule has 1 N–H and O–H groups in total. The maximum atomic E-state index is 4.80. The SMILES string of the molecule is CCNC(=NCC(C)c1ccccc1)N(C)Cc1csc(C)n1.I. The number of guanidine groups is 1. The van der Waals surface area contributed by atoms with Crippen LogP contribution in [-0.4, -0.2) is 36.0 Å². The molecule has 1 aromatic carbocycles. The van der Waals surface area contributed by atoms with Crippen LogP contribution in [0.2, 0.25) is 0 Å². The van der Waals surface area contributed by atoms with E-state index in [-0.39, 0.29) is 24.0 Å². The first-order chi connectivity index (χ1) is 11.1. The molecule has 0 fully saturated rings. The van der Waals surface area contributed by atoms with Crippen molar-refractivity contribution in [2.45, 2.75) is 33.2 Å². The van der Waals surface area contributed by atoms with Gasteiger partial charge in [0.25, 0.3) is 0 Å². The van der Waals surface area contributed by atoms with Gasteiger partial charge in [-0.05, 0) is 19.4 Å². The Bertz CT molecular complexity index is 627. The fraction of sp³-hybridized carbons (Fsp3) is 0.444. The van der Waals surface area contributed by atoms with Crippen LogP contribution in [0.5, 0.6) is 0 Å². The lowest BCUT2D eigenvalue weighted by molar-refractivity contribution is 0.470. The van der Waals surface area contributed by atoms with E-state index in [4.69, 9.17) is 4.99 Å². The van der Waals surface area contributed by atoms with Crippen LogP contribution in [-0.2, 0) is 6.54 Å². The molecular formula is C18H27IN4S. The minimum absolute atomic E-state index is 0. The lowest BCUT2D eigenvalue weighted by Crippen LogP contribution is -2.38. The summed E-state index contributed by atoms with van der Waals surface area (Å²) in [5.74, 6) is 1.33. The summed E-state index contributed by atoms with van der Waals surface area (Å²) in [6.45, 7) is 8.75. The van der Waals surface area contributed by atoms with Crippen LogP contribution in [0.4, 0.5) is 0 Å². The smallest absolute Gasteiger partial charge is 0.194 e. The maximum absolute atomic E-state index is 4.80. The van der Waals surface area contributed by atoms with Crippen LogP contribution in [0, 0.1) is 6.92 Å². The number of hydrogen-bond donors (Lipinski definition) is 1. The molecule has 0 spiro atoms. The van der Waals surface area contributed by atoms with Crippen molar-refractivity contribution in [1.29, 1.82) is 0 Å². The second-order valence-electron chi connectivity index (χ2n) is 5.72. The summed E-state index contributed by atoms with van der Waals surface area (Å²) in [6.07, 6.45) is 0. The summed E-state index contributed by atoms with van der Waals surface area (Å²) in [7, 11) is 2.06. The van der Waals surface area contributed by atoms with E-state index >= 15 is 0 Å². The van der Waals surface area contributed by atoms with E-state index < -0.39 is 0 Å². The van der Waals surface area contributed by atoms with Crippen molar-refractivity contribution in [2.75, 3.05) is 20.1 Å². The summed E-state index contributed by atoms with van der Waals surface area (Å²) in [4.78, 5) is 11.5. The number of aryl methyl sites for hydroxylation is 1. The van der Waals surface area contributed by atoms with E-state index in [1.54, 1.807) is 11.3 Å². The first kappa shape index (κ1) is 20.9. The Morgan fingerprint density at radius 3 is 2.62 bits per heavy atom. The predicted octanol–water partition coefficient (Wildman–Crippen LogP) is 4.27. The summed E-state index contributed by atoms with van der Waals surface area (Å²) in [5.41, 5.74) is 2.42. The van der Waals surface area contributed by atoms with Gasteiger partial charge in [-0.25, -0.2) is 4.98 Å². The highest BCUT2D eigenvalue weighted by molar-refractivity contribution is 14.0. The molecule has 0 radical (unpaired) electrons. The molecule has 132 valence electrons. The molecule has 0 aliphatic carbocycles. The number of aromatic nitrogens is 1. The quantitative estimate of drug-likeness (QED) is 0.399. The molecule has 4 nitrogen and oxygen atoms in total. The third-order valence-electron chi connectivity index (χ3n) is 3.65. The zero-order valence-electron chi connectivity index (χ0n) is 14.8. The van der Waals surface area contributed by atoms with Crippen molar-refractivity contribution < 1.29 is 0 Å². The molecule has 1 atom stereocenters. The second kappa shape index (κ2) is 10.7. The molecule has 0 amide bonds. The lowest BCUT2D eigenvalue weighted by atomic mass is 10.0. The summed E-state index contributed by atoms with van der Waals surface area (Å²) in [6, 6.07) is 10.5. The predicted molar refractivity (Wildman–Crippen MR) is 115 cm³/mol. The van der Waals surface area contributed by atoms with Gasteiger partial charge in [0.2, 0.25) is 0 Å². The number of nitrogens with one attached hydrogen (secondary N) is 1. The Hall–Kier alpha value is -1.15. The average molecular weight is 458 g/mol. The molecule has 0 aliphatic rings. The van der Waals surface area contributed by atoms with Crippen LogP contribution in [0.3, 0.4) is 0 Å². The minimum Gasteiger partial charge on any atom is -0.357 e. The van der Waals surface area contributed by atoms with Gasteiger partial charge in [-0.3, -0.25) is 4.99 Å². The van der Waals surface area contributed by atoms with Crippen LogP contribution < -0.4 is 5.32 Å². The highest BCUT2D eigenvalue weighted by Crippen LogP contribution is 2.15. The number of halogens is 1. The van der Waals surface area contributed by atoms with E-state index in [0.717, 1.165) is 36.3 Å². The molecule has 0 saturated heterocycles. The Kier molecular flexibility index (Phi) is 9.28. The third kappa shape index (κ3) is 6.39. The standard InChI is InChI=1S/C18H26N4S.HI/c1-5-19-18(22(4)12-17-13-23-15(3)21-17)20-11-14(2)16-9-7-6-8-10-16;/h6-10,13-14H,5,11-12H2,1-4H3,(H,19,20);1H. The number of hydrogen-bond acceptors (Lipinski definition) is 3. The Labute approximate surface area is 166 Å². The van der Waals surface area contributed by atoms with E-state index in [1.165, 1.54) is 5.56 Å². The van der Waals surface area contributed by atoms with E-state index in [2.05, 4.69) is 65.7 Å². The van der Waals surface area contributed by atoms with Gasteiger partial charge in [-0.1, -0.05) is 37.3 Å². The molecule has 24 heavy (non-hydrogen) atoms. The normalized spacial score (nSPS) is 12.4. The lowest BCUT2D eigenvalue weighted by Gasteiger charge is -2.22. The van der Waals surface area contributed by atoms with Gasteiger partial charge in [0.05, 0.1) is 17.2 Å². The van der Waals surface area contributed by atoms with Crippen LogP contribution in [0.1, 0.15) is 36.0 Å². The van der Waals surface area contributed by atoms with Crippen LogP contribution in [0.15, 0.2) is 40.7 Å². The molecule has 2 aromatic rings. The molecule has 0 bridgehead atoms. The van der Waals surface area contributed by atoms with Gasteiger partial charge >= 0.3 is 0 Å². The fourth-order valence-corrected chi connectivity index (χ4v) is 2.98. The molecule has 1 heterocycles. The first-order valence-corrected chi connectivity index (χ1v) is 8.93. The second-order valence-corrected chi connectivity index (χ2v) is 6.78. The van der Waals surface area contributed by atoms with Crippen molar-refractivity contribution in [3.05, 3.63) is 52.0 Å². The van der Waals surface area contributed by atoms with Crippen LogP contribution >= 0.6 is 35.3 Å². The summed E-state index contributed by atoms with van der Waals surface area (Å²) < 4.78 is 0. The highest BCUT2D eigenvalue weighted by Gasteiger charge is 2.10. The number of nitrogens with zero attached hydrogens (tertiary/aromatic N) is 3. The molecule has 1 unspecified atom stereocenters. The zero-order valence-corrected chi connectivity index (χ0v) is 18.0. The van der Waals surface area contributed by atoms with Gasteiger partial charge in [-0.15, -0.1) is 35.3 Å². The van der Waals surface area contributed by atoms with Gasteiger partial charge in [-0.2, -0.15) is 0 Å². The molecular weight excluding hydrogens is 431 g/mol. The third-order valence-corrected chi connectivity index (χ3v) is 4.47. The van der Waals surface area contributed by atoms with E-state index in [1.807, 2.05) is 13.0 Å². The van der Waals surface area contributed by atoms with Gasteiger partial charge in [0, 0.05) is 31.4 Å². The Morgan fingerprint density at radius 1 is 1.33 bits per heavy atom. The topological polar surface area (TPSA) is 40.5 Å². The first-order valence-electron chi connectivity index (χ1n) is 8.05. The maximum Gasteiger partial charge on any atom is 0.194 e. The molecule has 2 rings (SSSR count). The van der Waals surface area contributed by atoms with Crippen molar-refractivity contribution in [2.24, 2.45) is 4.99 Å². The van der Waals surface area contributed by atoms with E-state index in [0.29, 0.717) is 5.92 Å². The molecule has 0 aliphatic heterocycles. The Balaban J connectivity index is 0.00000288. The zero-order chi connectivity index (χ0) is 16.7. The average Bonchev–Trinajstić information content (AvgIpc) is 2.96. The highest BCUT2D eigenvalue weighted by atomic mass is 127.